The molecule has 0 bridgehead atoms. The van der Waals surface area contributed by atoms with Crippen LogP contribution in [0.2, 0.25) is 0 Å². The van der Waals surface area contributed by atoms with Crippen LogP contribution in [0, 0.1) is 12.8 Å². The van der Waals surface area contributed by atoms with Gasteiger partial charge in [-0.15, -0.1) is 0 Å². The first-order chi connectivity index (χ1) is 9.25. The number of aryl methyl sites for hydroxylation is 1. The van der Waals surface area contributed by atoms with E-state index >= 15 is 0 Å². The van der Waals surface area contributed by atoms with E-state index in [4.69, 9.17) is 4.74 Å². The molecule has 0 radical (unpaired) electrons. The van der Waals surface area contributed by atoms with Gasteiger partial charge in [0.15, 0.2) is 0 Å². The van der Waals surface area contributed by atoms with Crippen molar-refractivity contribution < 1.29 is 9.84 Å². The summed E-state index contributed by atoms with van der Waals surface area (Å²) in [6, 6.07) is 4.52. The topological polar surface area (TPSA) is 45.6 Å². The molecule has 3 heterocycles. The Morgan fingerprint density at radius 2 is 2.32 bits per heavy atom. The Morgan fingerprint density at radius 1 is 1.42 bits per heavy atom. The van der Waals surface area contributed by atoms with Gasteiger partial charge < -0.3 is 14.7 Å². The second kappa shape index (κ2) is 5.47. The standard InChI is InChI=1S/C15H22N2O2/c1-11-4-6-16-15(9-11)17-7-2-3-13(17)12-10-19-8-5-14(12)18/h4,6,9,12-14,18H,2-3,5,7-8,10H2,1H3/t12-,13-,14+/m1/s1. The van der Waals surface area contributed by atoms with Crippen molar-refractivity contribution in [3.05, 3.63) is 23.9 Å². The average Bonchev–Trinajstić information content (AvgIpc) is 2.88. The molecule has 1 N–H and O–H groups in total. The summed E-state index contributed by atoms with van der Waals surface area (Å²) in [5.74, 6) is 1.26. The summed E-state index contributed by atoms with van der Waals surface area (Å²) in [4.78, 5) is 6.85. The van der Waals surface area contributed by atoms with Gasteiger partial charge in [0.05, 0.1) is 12.7 Å². The van der Waals surface area contributed by atoms with Gasteiger partial charge in [0.2, 0.25) is 0 Å². The van der Waals surface area contributed by atoms with E-state index in [-0.39, 0.29) is 12.0 Å². The molecular weight excluding hydrogens is 240 g/mol. The third kappa shape index (κ3) is 2.60. The van der Waals surface area contributed by atoms with Gasteiger partial charge in [0.25, 0.3) is 0 Å². The zero-order valence-electron chi connectivity index (χ0n) is 11.5. The molecule has 4 heteroatoms. The van der Waals surface area contributed by atoms with Crippen molar-refractivity contribution in [2.45, 2.75) is 38.3 Å². The highest BCUT2D eigenvalue weighted by Crippen LogP contribution is 2.32. The maximum absolute atomic E-state index is 10.2. The highest BCUT2D eigenvalue weighted by Gasteiger charge is 2.38. The van der Waals surface area contributed by atoms with E-state index in [9.17, 15) is 5.11 Å². The van der Waals surface area contributed by atoms with Gasteiger partial charge >= 0.3 is 0 Å². The molecule has 4 nitrogen and oxygen atoms in total. The fourth-order valence-corrected chi connectivity index (χ4v) is 3.32. The minimum absolute atomic E-state index is 0.221. The van der Waals surface area contributed by atoms with E-state index in [1.807, 2.05) is 12.3 Å². The summed E-state index contributed by atoms with van der Waals surface area (Å²) in [5.41, 5.74) is 1.23. The second-order valence-corrected chi connectivity index (χ2v) is 5.69. The van der Waals surface area contributed by atoms with Crippen LogP contribution in [0.4, 0.5) is 5.82 Å². The molecule has 2 aliphatic heterocycles. The van der Waals surface area contributed by atoms with Gasteiger partial charge in [-0.1, -0.05) is 0 Å². The molecule has 0 saturated carbocycles. The van der Waals surface area contributed by atoms with Gasteiger partial charge in [-0.2, -0.15) is 0 Å². The molecular formula is C15H22N2O2. The molecule has 2 aliphatic rings. The Hall–Kier alpha value is -1.13. The fourth-order valence-electron chi connectivity index (χ4n) is 3.32. The molecule has 3 atom stereocenters. The number of aliphatic hydroxyl groups is 1. The minimum atomic E-state index is -0.232. The SMILES string of the molecule is Cc1ccnc(N2CCC[C@@H]2[C@H]2COCC[C@@H]2O)c1. The second-order valence-electron chi connectivity index (χ2n) is 5.69. The Kier molecular flexibility index (Phi) is 3.71. The molecule has 0 amide bonds. The summed E-state index contributed by atoms with van der Waals surface area (Å²) >= 11 is 0. The van der Waals surface area contributed by atoms with Gasteiger partial charge in [-0.05, 0) is 43.9 Å². The summed E-state index contributed by atoms with van der Waals surface area (Å²) in [6.07, 6.45) is 4.69. The molecule has 0 aromatic carbocycles. The molecule has 0 spiro atoms. The Morgan fingerprint density at radius 3 is 3.11 bits per heavy atom. The molecule has 1 aromatic rings. The summed E-state index contributed by atoms with van der Waals surface area (Å²) < 4.78 is 5.57. The van der Waals surface area contributed by atoms with Gasteiger partial charge in [-0.3, -0.25) is 0 Å². The molecule has 0 unspecified atom stereocenters. The first kappa shape index (κ1) is 12.9. The van der Waals surface area contributed by atoms with E-state index < -0.39 is 0 Å². The first-order valence-electron chi connectivity index (χ1n) is 7.21. The number of hydrogen-bond donors (Lipinski definition) is 1. The number of aliphatic hydroxyl groups excluding tert-OH is 1. The van der Waals surface area contributed by atoms with E-state index in [0.717, 1.165) is 25.2 Å². The van der Waals surface area contributed by atoms with Crippen LogP contribution < -0.4 is 4.90 Å². The van der Waals surface area contributed by atoms with Crippen molar-refractivity contribution in [1.82, 2.24) is 4.98 Å². The number of nitrogens with zero attached hydrogens (tertiary/aromatic N) is 2. The number of rotatable bonds is 2. The van der Waals surface area contributed by atoms with Gasteiger partial charge in [0, 0.05) is 31.3 Å². The number of ether oxygens (including phenoxy) is 1. The van der Waals surface area contributed by atoms with Crippen LogP contribution >= 0.6 is 0 Å². The lowest BCUT2D eigenvalue weighted by atomic mass is 9.89. The van der Waals surface area contributed by atoms with Crippen LogP contribution in [0.1, 0.15) is 24.8 Å². The highest BCUT2D eigenvalue weighted by atomic mass is 16.5. The minimum Gasteiger partial charge on any atom is -0.393 e. The lowest BCUT2D eigenvalue weighted by molar-refractivity contribution is -0.0438. The van der Waals surface area contributed by atoms with Crippen molar-refractivity contribution in [1.29, 1.82) is 0 Å². The highest BCUT2D eigenvalue weighted by molar-refractivity contribution is 5.43. The maximum atomic E-state index is 10.2. The Labute approximate surface area is 114 Å². The van der Waals surface area contributed by atoms with Gasteiger partial charge in [0.1, 0.15) is 5.82 Å². The van der Waals surface area contributed by atoms with E-state index in [2.05, 4.69) is 22.9 Å². The number of aromatic nitrogens is 1. The summed E-state index contributed by atoms with van der Waals surface area (Å²) in [5, 5.41) is 10.2. The molecule has 19 heavy (non-hydrogen) atoms. The number of hydrogen-bond acceptors (Lipinski definition) is 4. The van der Waals surface area contributed by atoms with Crippen LogP contribution in [0.5, 0.6) is 0 Å². The molecule has 3 rings (SSSR count). The van der Waals surface area contributed by atoms with Crippen molar-refractivity contribution >= 4 is 5.82 Å². The quantitative estimate of drug-likeness (QED) is 0.882. The lowest BCUT2D eigenvalue weighted by Gasteiger charge is -2.37. The summed E-state index contributed by atoms with van der Waals surface area (Å²) in [6.45, 7) is 4.49. The molecule has 104 valence electrons. The molecule has 2 saturated heterocycles. The number of pyridine rings is 1. The van der Waals surface area contributed by atoms with Crippen LogP contribution in [0.3, 0.4) is 0 Å². The monoisotopic (exact) mass is 262 g/mol. The molecule has 1 aromatic heterocycles. The van der Waals surface area contributed by atoms with Crippen molar-refractivity contribution in [3.63, 3.8) is 0 Å². The molecule has 0 aliphatic carbocycles. The van der Waals surface area contributed by atoms with Crippen LogP contribution in [-0.4, -0.2) is 42.0 Å². The third-order valence-corrected chi connectivity index (χ3v) is 4.35. The zero-order chi connectivity index (χ0) is 13.2. The van der Waals surface area contributed by atoms with Crippen LogP contribution in [-0.2, 0) is 4.74 Å². The van der Waals surface area contributed by atoms with Crippen molar-refractivity contribution in [2.24, 2.45) is 5.92 Å². The maximum Gasteiger partial charge on any atom is 0.128 e. The zero-order valence-corrected chi connectivity index (χ0v) is 11.5. The van der Waals surface area contributed by atoms with Gasteiger partial charge in [-0.25, -0.2) is 4.98 Å². The van der Waals surface area contributed by atoms with E-state index in [0.29, 0.717) is 19.3 Å². The average molecular weight is 262 g/mol. The van der Waals surface area contributed by atoms with E-state index in [1.165, 1.54) is 12.0 Å². The fraction of sp³-hybridized carbons (Fsp3) is 0.667. The predicted octanol–water partition coefficient (Wildman–Crippen LogP) is 1.76. The molecule has 2 fully saturated rings. The lowest BCUT2D eigenvalue weighted by Crippen LogP contribution is -2.46. The van der Waals surface area contributed by atoms with Crippen molar-refractivity contribution in [2.75, 3.05) is 24.7 Å². The largest absolute Gasteiger partial charge is 0.393 e. The Balaban J connectivity index is 1.81. The number of anilines is 1. The Bertz CT molecular complexity index is 438. The normalized spacial score (nSPS) is 31.7. The summed E-state index contributed by atoms with van der Waals surface area (Å²) in [7, 11) is 0. The smallest absolute Gasteiger partial charge is 0.128 e. The van der Waals surface area contributed by atoms with E-state index in [1.54, 1.807) is 0 Å². The predicted molar refractivity (Wildman–Crippen MR) is 74.3 cm³/mol. The first-order valence-corrected chi connectivity index (χ1v) is 7.21. The van der Waals surface area contributed by atoms with Crippen LogP contribution in [0.25, 0.3) is 0 Å². The van der Waals surface area contributed by atoms with Crippen LogP contribution in [0.15, 0.2) is 18.3 Å². The van der Waals surface area contributed by atoms with Crippen molar-refractivity contribution in [3.8, 4) is 0 Å². The third-order valence-electron chi connectivity index (χ3n) is 4.35.